The number of benzene rings is 2. The van der Waals surface area contributed by atoms with Crippen LogP contribution in [0, 0.1) is 0 Å². The van der Waals surface area contributed by atoms with Crippen LogP contribution in [0.4, 0.5) is 17.5 Å². The SMILES string of the molecule is CCOC(=O)c1ccccc1Nc1nncc(NCCc2ccc(OC)cc2)n1. The molecule has 150 valence electrons. The van der Waals surface area contributed by atoms with E-state index in [2.05, 4.69) is 25.8 Å². The number of rotatable bonds is 9. The number of carbonyl (C=O) groups is 1. The third-order valence-corrected chi connectivity index (χ3v) is 4.11. The molecule has 0 aliphatic rings. The first-order valence-electron chi connectivity index (χ1n) is 9.29. The van der Waals surface area contributed by atoms with Crippen LogP contribution in [0.15, 0.2) is 54.7 Å². The predicted octanol–water partition coefficient (Wildman–Crippen LogP) is 3.46. The van der Waals surface area contributed by atoms with Crippen LogP contribution >= 0.6 is 0 Å². The first kappa shape index (κ1) is 20.1. The summed E-state index contributed by atoms with van der Waals surface area (Å²) in [6, 6.07) is 15.0. The molecule has 8 nitrogen and oxygen atoms in total. The number of nitrogens with one attached hydrogen (secondary N) is 2. The maximum absolute atomic E-state index is 12.1. The maximum Gasteiger partial charge on any atom is 0.340 e. The monoisotopic (exact) mass is 393 g/mol. The summed E-state index contributed by atoms with van der Waals surface area (Å²) in [6.07, 6.45) is 2.37. The summed E-state index contributed by atoms with van der Waals surface area (Å²) in [5.74, 6) is 1.30. The Hall–Kier alpha value is -3.68. The molecule has 3 rings (SSSR count). The van der Waals surface area contributed by atoms with Gasteiger partial charge in [-0.15, -0.1) is 5.10 Å². The number of anilines is 3. The molecule has 0 aliphatic heterocycles. The molecule has 0 saturated heterocycles. The molecule has 8 heteroatoms. The summed E-state index contributed by atoms with van der Waals surface area (Å²) < 4.78 is 10.2. The fraction of sp³-hybridized carbons (Fsp3) is 0.238. The topological polar surface area (TPSA) is 98.3 Å². The molecule has 0 bridgehead atoms. The van der Waals surface area contributed by atoms with Gasteiger partial charge < -0.3 is 20.1 Å². The largest absolute Gasteiger partial charge is 0.497 e. The molecule has 0 radical (unpaired) electrons. The highest BCUT2D eigenvalue weighted by Crippen LogP contribution is 2.20. The van der Waals surface area contributed by atoms with Gasteiger partial charge in [-0.25, -0.2) is 4.79 Å². The van der Waals surface area contributed by atoms with E-state index in [0.717, 1.165) is 12.2 Å². The Balaban J connectivity index is 1.62. The lowest BCUT2D eigenvalue weighted by Crippen LogP contribution is -2.11. The van der Waals surface area contributed by atoms with Crippen LogP contribution in [0.1, 0.15) is 22.8 Å². The minimum Gasteiger partial charge on any atom is -0.497 e. The van der Waals surface area contributed by atoms with Crippen molar-refractivity contribution in [3.8, 4) is 5.75 Å². The molecule has 0 amide bonds. The maximum atomic E-state index is 12.1. The number of para-hydroxylation sites is 1. The predicted molar refractivity (Wildman–Crippen MR) is 111 cm³/mol. The minimum absolute atomic E-state index is 0.288. The van der Waals surface area contributed by atoms with Crippen LogP contribution < -0.4 is 15.4 Å². The average molecular weight is 393 g/mol. The molecule has 3 aromatic rings. The molecular formula is C21H23N5O3. The lowest BCUT2D eigenvalue weighted by Gasteiger charge is -2.11. The summed E-state index contributed by atoms with van der Waals surface area (Å²) in [4.78, 5) is 16.5. The lowest BCUT2D eigenvalue weighted by molar-refractivity contribution is 0.0527. The summed E-state index contributed by atoms with van der Waals surface area (Å²) >= 11 is 0. The number of hydrogen-bond acceptors (Lipinski definition) is 8. The van der Waals surface area contributed by atoms with Crippen molar-refractivity contribution in [2.24, 2.45) is 0 Å². The standard InChI is InChI=1S/C21H23N5O3/c1-3-29-20(27)17-6-4-5-7-18(17)24-21-25-19(14-23-26-21)22-13-12-15-8-10-16(28-2)11-9-15/h4-11,14H,3,12-13H2,1-2H3,(H2,22,24,25,26). The number of aromatic nitrogens is 3. The van der Waals surface area contributed by atoms with Crippen LogP contribution in [0.3, 0.4) is 0 Å². The van der Waals surface area contributed by atoms with E-state index in [1.54, 1.807) is 38.4 Å². The Morgan fingerprint density at radius 2 is 1.90 bits per heavy atom. The molecule has 0 saturated carbocycles. The van der Waals surface area contributed by atoms with E-state index in [1.807, 2.05) is 30.3 Å². The highest BCUT2D eigenvalue weighted by molar-refractivity contribution is 5.96. The third kappa shape index (κ3) is 5.65. The molecule has 0 fully saturated rings. The molecule has 2 N–H and O–H groups in total. The first-order valence-corrected chi connectivity index (χ1v) is 9.29. The van der Waals surface area contributed by atoms with Crippen molar-refractivity contribution in [3.63, 3.8) is 0 Å². The lowest BCUT2D eigenvalue weighted by atomic mass is 10.1. The van der Waals surface area contributed by atoms with Crippen LogP contribution in [0.5, 0.6) is 5.75 Å². The fourth-order valence-corrected chi connectivity index (χ4v) is 2.67. The van der Waals surface area contributed by atoms with Crippen LogP contribution in [0.25, 0.3) is 0 Å². The zero-order chi connectivity index (χ0) is 20.5. The smallest absolute Gasteiger partial charge is 0.340 e. The highest BCUT2D eigenvalue weighted by atomic mass is 16.5. The Labute approximate surface area is 169 Å². The van der Waals surface area contributed by atoms with E-state index in [-0.39, 0.29) is 5.95 Å². The second-order valence-corrected chi connectivity index (χ2v) is 6.08. The van der Waals surface area contributed by atoms with Crippen molar-refractivity contribution in [2.45, 2.75) is 13.3 Å². The third-order valence-electron chi connectivity index (χ3n) is 4.11. The molecular weight excluding hydrogens is 370 g/mol. The van der Waals surface area contributed by atoms with Gasteiger partial charge in [-0.3, -0.25) is 0 Å². The summed E-state index contributed by atoms with van der Waals surface area (Å²) in [6.45, 7) is 2.75. The van der Waals surface area contributed by atoms with Gasteiger partial charge in [0.2, 0.25) is 5.95 Å². The van der Waals surface area contributed by atoms with Gasteiger partial charge >= 0.3 is 5.97 Å². The van der Waals surface area contributed by atoms with Crippen molar-refractivity contribution in [2.75, 3.05) is 30.9 Å². The van der Waals surface area contributed by atoms with E-state index >= 15 is 0 Å². The van der Waals surface area contributed by atoms with Gasteiger partial charge in [0.25, 0.3) is 0 Å². The molecule has 0 spiro atoms. The van der Waals surface area contributed by atoms with Crippen molar-refractivity contribution < 1.29 is 14.3 Å². The van der Waals surface area contributed by atoms with Gasteiger partial charge in [0.15, 0.2) is 5.82 Å². The van der Waals surface area contributed by atoms with Gasteiger partial charge in [-0.1, -0.05) is 24.3 Å². The Kier molecular flexibility index (Phi) is 6.94. The molecule has 0 unspecified atom stereocenters. The quantitative estimate of drug-likeness (QED) is 0.534. The van der Waals surface area contributed by atoms with E-state index < -0.39 is 5.97 Å². The minimum atomic E-state index is -0.405. The number of carbonyl (C=O) groups excluding carboxylic acids is 1. The first-order chi connectivity index (χ1) is 14.2. The van der Waals surface area contributed by atoms with Crippen LogP contribution in [0.2, 0.25) is 0 Å². The van der Waals surface area contributed by atoms with Crippen molar-refractivity contribution >= 4 is 23.4 Å². The number of nitrogens with zero attached hydrogens (tertiary/aromatic N) is 3. The highest BCUT2D eigenvalue weighted by Gasteiger charge is 2.13. The van der Waals surface area contributed by atoms with Crippen molar-refractivity contribution in [1.29, 1.82) is 0 Å². The van der Waals surface area contributed by atoms with Gasteiger partial charge in [0.1, 0.15) is 5.75 Å². The molecule has 29 heavy (non-hydrogen) atoms. The summed E-state index contributed by atoms with van der Waals surface area (Å²) in [5, 5.41) is 14.2. The molecule has 1 aromatic heterocycles. The zero-order valence-electron chi connectivity index (χ0n) is 16.4. The van der Waals surface area contributed by atoms with Crippen molar-refractivity contribution in [1.82, 2.24) is 15.2 Å². The summed E-state index contributed by atoms with van der Waals surface area (Å²) in [7, 11) is 1.65. The molecule has 0 aliphatic carbocycles. The van der Waals surface area contributed by atoms with Crippen LogP contribution in [-0.4, -0.2) is 41.4 Å². The Morgan fingerprint density at radius 3 is 2.66 bits per heavy atom. The number of esters is 1. The van der Waals surface area contributed by atoms with E-state index in [4.69, 9.17) is 9.47 Å². The van der Waals surface area contributed by atoms with Gasteiger partial charge in [0, 0.05) is 6.54 Å². The Morgan fingerprint density at radius 1 is 1.10 bits per heavy atom. The van der Waals surface area contributed by atoms with Crippen molar-refractivity contribution in [3.05, 3.63) is 65.9 Å². The normalized spacial score (nSPS) is 10.3. The van der Waals surface area contributed by atoms with E-state index in [0.29, 0.717) is 30.2 Å². The number of methoxy groups -OCH3 is 1. The number of ether oxygens (including phenoxy) is 2. The second-order valence-electron chi connectivity index (χ2n) is 6.08. The van der Waals surface area contributed by atoms with E-state index in [1.165, 1.54) is 5.56 Å². The molecule has 0 atom stereocenters. The fourth-order valence-electron chi connectivity index (χ4n) is 2.67. The molecule has 1 heterocycles. The van der Waals surface area contributed by atoms with Gasteiger partial charge in [-0.05, 0) is 43.2 Å². The Bertz CT molecular complexity index is 947. The van der Waals surface area contributed by atoms with Gasteiger partial charge in [-0.2, -0.15) is 10.1 Å². The second kappa shape index (κ2) is 10.0. The van der Waals surface area contributed by atoms with Gasteiger partial charge in [0.05, 0.1) is 31.2 Å². The summed E-state index contributed by atoms with van der Waals surface area (Å²) in [5.41, 5.74) is 2.15. The number of hydrogen-bond donors (Lipinski definition) is 2. The zero-order valence-corrected chi connectivity index (χ0v) is 16.4. The van der Waals surface area contributed by atoms with Crippen LogP contribution in [-0.2, 0) is 11.2 Å². The van der Waals surface area contributed by atoms with E-state index in [9.17, 15) is 4.79 Å². The average Bonchev–Trinajstić information content (AvgIpc) is 2.75. The molecule has 2 aromatic carbocycles.